The molecule has 2 fully saturated rings. The summed E-state index contributed by atoms with van der Waals surface area (Å²) in [5, 5.41) is 0. The summed E-state index contributed by atoms with van der Waals surface area (Å²) >= 11 is 3.34. The normalized spacial score (nSPS) is 27.4. The number of rotatable bonds is 1. The molecular weight excluding hydrogens is 268 g/mol. The van der Waals surface area contributed by atoms with Gasteiger partial charge in [0.05, 0.1) is 5.56 Å². The summed E-state index contributed by atoms with van der Waals surface area (Å²) in [6, 6.07) is 4.13. The molecule has 84 valence electrons. The zero-order chi connectivity index (χ0) is 11.1. The molecule has 0 aromatic carbocycles. The van der Waals surface area contributed by atoms with E-state index in [1.807, 2.05) is 17.0 Å². The Balaban J connectivity index is 1.86. The molecule has 1 amide bonds. The number of nitrogens with zero attached hydrogens (tertiary/aromatic N) is 2. The summed E-state index contributed by atoms with van der Waals surface area (Å²) in [5.74, 6) is 0.872. The van der Waals surface area contributed by atoms with Crippen molar-refractivity contribution < 1.29 is 4.79 Å². The Morgan fingerprint density at radius 2 is 2.38 bits per heavy atom. The van der Waals surface area contributed by atoms with Crippen LogP contribution in [0.1, 0.15) is 29.6 Å². The molecule has 1 saturated heterocycles. The molecule has 1 saturated carbocycles. The first-order chi connectivity index (χ1) is 7.75. The molecule has 0 spiro atoms. The van der Waals surface area contributed by atoms with Gasteiger partial charge in [0.1, 0.15) is 4.60 Å². The number of aromatic nitrogens is 1. The van der Waals surface area contributed by atoms with Gasteiger partial charge in [0.2, 0.25) is 0 Å². The van der Waals surface area contributed by atoms with Crippen molar-refractivity contribution in [3.05, 3.63) is 28.5 Å². The number of pyridine rings is 1. The first kappa shape index (κ1) is 10.3. The third kappa shape index (κ3) is 1.56. The van der Waals surface area contributed by atoms with Crippen LogP contribution in [0.5, 0.6) is 0 Å². The van der Waals surface area contributed by atoms with Crippen LogP contribution in [0.15, 0.2) is 22.9 Å². The maximum Gasteiger partial charge on any atom is 0.256 e. The molecule has 2 heterocycles. The topological polar surface area (TPSA) is 33.2 Å². The lowest BCUT2D eigenvalue weighted by molar-refractivity contribution is 0.0702. The Hall–Kier alpha value is -0.900. The number of likely N-dealkylation sites (tertiary alicyclic amines) is 1. The monoisotopic (exact) mass is 280 g/mol. The number of piperidine rings is 1. The predicted octanol–water partition coefficient (Wildman–Crippen LogP) is 2.47. The summed E-state index contributed by atoms with van der Waals surface area (Å²) < 4.78 is 0.655. The van der Waals surface area contributed by atoms with Crippen molar-refractivity contribution in [1.29, 1.82) is 0 Å². The van der Waals surface area contributed by atoms with Gasteiger partial charge >= 0.3 is 0 Å². The second-order valence-electron chi connectivity index (χ2n) is 4.63. The molecular formula is C12H13BrN2O. The largest absolute Gasteiger partial charge is 0.335 e. The van der Waals surface area contributed by atoms with Crippen molar-refractivity contribution >= 4 is 21.8 Å². The Labute approximate surface area is 103 Å². The predicted molar refractivity (Wildman–Crippen MR) is 64.1 cm³/mol. The molecule has 3 rings (SSSR count). The van der Waals surface area contributed by atoms with E-state index in [-0.39, 0.29) is 5.91 Å². The fourth-order valence-corrected chi connectivity index (χ4v) is 3.29. The maximum absolute atomic E-state index is 12.3. The van der Waals surface area contributed by atoms with Gasteiger partial charge in [0.25, 0.3) is 5.91 Å². The number of fused-ring (bicyclic) bond motifs is 2. The van der Waals surface area contributed by atoms with E-state index in [0.717, 1.165) is 12.5 Å². The van der Waals surface area contributed by atoms with Gasteiger partial charge in [-0.05, 0) is 53.2 Å². The summed E-state index contributed by atoms with van der Waals surface area (Å²) in [6.07, 6.45) is 5.36. The molecule has 2 unspecified atom stereocenters. The van der Waals surface area contributed by atoms with Crippen molar-refractivity contribution in [2.75, 3.05) is 6.54 Å². The number of hydrogen-bond donors (Lipinski definition) is 0. The van der Waals surface area contributed by atoms with E-state index >= 15 is 0 Å². The lowest BCUT2D eigenvalue weighted by Gasteiger charge is -2.27. The van der Waals surface area contributed by atoms with E-state index in [9.17, 15) is 4.79 Å². The summed E-state index contributed by atoms with van der Waals surface area (Å²) in [4.78, 5) is 18.4. The van der Waals surface area contributed by atoms with Crippen LogP contribution in [-0.4, -0.2) is 28.4 Å². The highest BCUT2D eigenvalue weighted by molar-refractivity contribution is 9.10. The number of halogens is 1. The van der Waals surface area contributed by atoms with Crippen LogP contribution in [0.3, 0.4) is 0 Å². The van der Waals surface area contributed by atoms with E-state index in [0.29, 0.717) is 16.2 Å². The van der Waals surface area contributed by atoms with Gasteiger partial charge in [-0.25, -0.2) is 4.98 Å². The zero-order valence-corrected chi connectivity index (χ0v) is 10.5. The van der Waals surface area contributed by atoms with Crippen LogP contribution in [0.4, 0.5) is 0 Å². The van der Waals surface area contributed by atoms with Crippen LogP contribution in [0.25, 0.3) is 0 Å². The zero-order valence-electron chi connectivity index (χ0n) is 8.90. The Kier molecular flexibility index (Phi) is 2.46. The molecule has 4 heteroatoms. The second kappa shape index (κ2) is 3.84. The van der Waals surface area contributed by atoms with Crippen LogP contribution in [-0.2, 0) is 0 Å². The number of hydrogen-bond acceptors (Lipinski definition) is 2. The van der Waals surface area contributed by atoms with Crippen molar-refractivity contribution in [2.45, 2.75) is 25.3 Å². The second-order valence-corrected chi connectivity index (χ2v) is 5.38. The van der Waals surface area contributed by atoms with Gasteiger partial charge in [-0.15, -0.1) is 0 Å². The van der Waals surface area contributed by atoms with Crippen molar-refractivity contribution in [3.63, 3.8) is 0 Å². The average molecular weight is 281 g/mol. The van der Waals surface area contributed by atoms with Gasteiger partial charge < -0.3 is 4.90 Å². The number of carbonyl (C=O) groups excluding carboxylic acids is 1. The van der Waals surface area contributed by atoms with Crippen LogP contribution >= 0.6 is 15.9 Å². The molecule has 0 N–H and O–H groups in total. The smallest absolute Gasteiger partial charge is 0.256 e. The summed E-state index contributed by atoms with van der Waals surface area (Å²) in [7, 11) is 0. The van der Waals surface area contributed by atoms with Crippen LogP contribution < -0.4 is 0 Å². The highest BCUT2D eigenvalue weighted by Crippen LogP contribution is 2.38. The Morgan fingerprint density at radius 1 is 1.50 bits per heavy atom. The molecule has 1 aliphatic heterocycles. The first-order valence-corrected chi connectivity index (χ1v) is 6.46. The van der Waals surface area contributed by atoms with E-state index in [1.54, 1.807) is 6.20 Å². The van der Waals surface area contributed by atoms with Crippen molar-refractivity contribution in [2.24, 2.45) is 5.92 Å². The fraction of sp³-hybridized carbons (Fsp3) is 0.500. The average Bonchev–Trinajstić information content (AvgIpc) is 2.90. The fourth-order valence-electron chi connectivity index (χ4n) is 2.87. The number of amides is 1. The van der Waals surface area contributed by atoms with Crippen LogP contribution in [0, 0.1) is 5.92 Å². The van der Waals surface area contributed by atoms with Crippen molar-refractivity contribution in [1.82, 2.24) is 9.88 Å². The molecule has 16 heavy (non-hydrogen) atoms. The minimum atomic E-state index is 0.132. The molecule has 2 bridgehead atoms. The highest BCUT2D eigenvalue weighted by atomic mass is 79.9. The first-order valence-electron chi connectivity index (χ1n) is 5.67. The van der Waals surface area contributed by atoms with E-state index in [1.165, 1.54) is 19.3 Å². The van der Waals surface area contributed by atoms with Crippen LogP contribution in [0.2, 0.25) is 0 Å². The standard InChI is InChI=1S/C12H13BrN2O/c13-11-10(2-1-5-14-11)12(16)15-7-8-3-4-9(15)6-8/h1-2,5,8-9H,3-4,6-7H2. The minimum absolute atomic E-state index is 0.132. The van der Waals surface area contributed by atoms with Gasteiger partial charge in [0.15, 0.2) is 0 Å². The van der Waals surface area contributed by atoms with E-state index in [4.69, 9.17) is 0 Å². The molecule has 1 aliphatic carbocycles. The molecule has 0 radical (unpaired) electrons. The van der Waals surface area contributed by atoms with Gasteiger partial charge in [0, 0.05) is 18.8 Å². The highest BCUT2D eigenvalue weighted by Gasteiger charge is 2.40. The quantitative estimate of drug-likeness (QED) is 0.741. The third-order valence-corrected chi connectivity index (χ3v) is 4.29. The SMILES string of the molecule is O=C(c1cccnc1Br)N1CC2CCC1C2. The number of carbonyl (C=O) groups is 1. The molecule has 1 aromatic heterocycles. The third-order valence-electron chi connectivity index (χ3n) is 3.66. The minimum Gasteiger partial charge on any atom is -0.335 e. The van der Waals surface area contributed by atoms with E-state index < -0.39 is 0 Å². The molecule has 3 nitrogen and oxygen atoms in total. The maximum atomic E-state index is 12.3. The lowest BCUT2D eigenvalue weighted by atomic mass is 10.1. The Bertz CT molecular complexity index is 435. The van der Waals surface area contributed by atoms with Gasteiger partial charge in [-0.2, -0.15) is 0 Å². The Morgan fingerprint density at radius 3 is 3.00 bits per heavy atom. The van der Waals surface area contributed by atoms with Gasteiger partial charge in [-0.1, -0.05) is 0 Å². The summed E-state index contributed by atoms with van der Waals surface area (Å²) in [6.45, 7) is 0.935. The lowest BCUT2D eigenvalue weighted by Crippen LogP contribution is -2.37. The molecule has 2 aliphatic rings. The van der Waals surface area contributed by atoms with Gasteiger partial charge in [-0.3, -0.25) is 4.79 Å². The molecule has 2 atom stereocenters. The van der Waals surface area contributed by atoms with E-state index in [2.05, 4.69) is 20.9 Å². The summed E-state index contributed by atoms with van der Waals surface area (Å²) in [5.41, 5.74) is 0.690. The molecule has 1 aromatic rings. The van der Waals surface area contributed by atoms with Crippen molar-refractivity contribution in [3.8, 4) is 0 Å².